The fourth-order valence-electron chi connectivity index (χ4n) is 2.27. The summed E-state index contributed by atoms with van der Waals surface area (Å²) in [6.45, 7) is 2.81. The molecule has 0 bridgehead atoms. The molecule has 0 spiro atoms. The van der Waals surface area contributed by atoms with Crippen molar-refractivity contribution in [2.45, 2.75) is 13.5 Å². The smallest absolute Gasteiger partial charge is 0.0948 e. The third-order valence-electron chi connectivity index (χ3n) is 3.39. The van der Waals surface area contributed by atoms with E-state index in [1.54, 1.807) is 6.20 Å². The van der Waals surface area contributed by atoms with E-state index in [1.807, 2.05) is 24.3 Å². The molecule has 0 aliphatic rings. The zero-order valence-corrected chi connectivity index (χ0v) is 13.9. The lowest BCUT2D eigenvalue weighted by Crippen LogP contribution is -2.01. The van der Waals surface area contributed by atoms with Crippen molar-refractivity contribution in [3.05, 3.63) is 69.3 Å². The minimum atomic E-state index is 0.722. The highest BCUT2D eigenvalue weighted by atomic mass is 79.9. The summed E-state index contributed by atoms with van der Waals surface area (Å²) in [5.74, 6) is 0. The van der Waals surface area contributed by atoms with Crippen LogP contribution in [0.1, 0.15) is 11.1 Å². The Morgan fingerprint density at radius 1 is 1.19 bits per heavy atom. The number of aryl methyl sites for hydroxylation is 1. The first kappa shape index (κ1) is 14.4. The van der Waals surface area contributed by atoms with E-state index in [2.05, 4.69) is 51.4 Å². The van der Waals surface area contributed by atoms with Crippen LogP contribution in [0.15, 0.2) is 53.1 Å². The van der Waals surface area contributed by atoms with Gasteiger partial charge in [-0.05, 0) is 48.4 Å². The molecule has 0 saturated carbocycles. The summed E-state index contributed by atoms with van der Waals surface area (Å²) in [4.78, 5) is 4.43. The van der Waals surface area contributed by atoms with Gasteiger partial charge in [0.15, 0.2) is 0 Å². The molecule has 0 aliphatic heterocycles. The Labute approximate surface area is 137 Å². The maximum Gasteiger partial charge on any atom is 0.0948 e. The van der Waals surface area contributed by atoms with E-state index in [1.165, 1.54) is 11.1 Å². The van der Waals surface area contributed by atoms with Gasteiger partial charge in [0.25, 0.3) is 0 Å². The molecule has 0 atom stereocenters. The summed E-state index contributed by atoms with van der Waals surface area (Å²) in [5.41, 5.74) is 4.33. The Morgan fingerprint density at radius 3 is 2.86 bits per heavy atom. The maximum absolute atomic E-state index is 6.21. The predicted octanol–water partition coefficient (Wildman–Crippen LogP) is 5.57. The number of anilines is 1. The van der Waals surface area contributed by atoms with E-state index in [0.717, 1.165) is 32.6 Å². The van der Waals surface area contributed by atoms with Gasteiger partial charge in [0.1, 0.15) is 0 Å². The average Bonchev–Trinajstić information content (AvgIpc) is 2.48. The van der Waals surface area contributed by atoms with Crippen molar-refractivity contribution < 1.29 is 0 Å². The molecule has 2 nitrogen and oxygen atoms in total. The molecule has 0 radical (unpaired) electrons. The fourth-order valence-corrected chi connectivity index (χ4v) is 3.12. The molecule has 0 aliphatic carbocycles. The first-order valence-electron chi connectivity index (χ1n) is 6.67. The number of benzene rings is 2. The third-order valence-corrected chi connectivity index (χ3v) is 4.46. The molecule has 1 N–H and O–H groups in total. The van der Waals surface area contributed by atoms with Crippen molar-refractivity contribution >= 4 is 44.1 Å². The molecule has 106 valence electrons. The molecule has 0 saturated heterocycles. The van der Waals surface area contributed by atoms with Crippen molar-refractivity contribution in [2.24, 2.45) is 0 Å². The molecule has 2 aromatic carbocycles. The van der Waals surface area contributed by atoms with Crippen LogP contribution in [0.2, 0.25) is 5.02 Å². The molecule has 0 amide bonds. The van der Waals surface area contributed by atoms with Crippen LogP contribution >= 0.6 is 27.5 Å². The molecule has 1 aromatic heterocycles. The van der Waals surface area contributed by atoms with Crippen molar-refractivity contribution in [3.8, 4) is 0 Å². The first-order valence-corrected chi connectivity index (χ1v) is 7.84. The number of fused-ring (bicyclic) bond motifs is 1. The van der Waals surface area contributed by atoms with Crippen LogP contribution in [0.3, 0.4) is 0 Å². The van der Waals surface area contributed by atoms with Gasteiger partial charge in [-0.2, -0.15) is 0 Å². The number of aromatic nitrogens is 1. The van der Waals surface area contributed by atoms with E-state index in [0.29, 0.717) is 0 Å². The Balaban J connectivity index is 1.90. The van der Waals surface area contributed by atoms with Crippen LogP contribution in [0, 0.1) is 6.92 Å². The maximum atomic E-state index is 6.21. The minimum Gasteiger partial charge on any atom is -0.379 e. The summed E-state index contributed by atoms with van der Waals surface area (Å²) < 4.78 is 1.11. The van der Waals surface area contributed by atoms with E-state index in [4.69, 9.17) is 11.6 Å². The van der Waals surface area contributed by atoms with E-state index < -0.39 is 0 Å². The predicted molar refractivity (Wildman–Crippen MR) is 93.0 cm³/mol. The number of rotatable bonds is 3. The van der Waals surface area contributed by atoms with Crippen molar-refractivity contribution in [2.75, 3.05) is 5.32 Å². The second-order valence-corrected chi connectivity index (χ2v) is 6.20. The lowest BCUT2D eigenvalue weighted by Gasteiger charge is -2.11. The number of hydrogen-bond donors (Lipinski definition) is 1. The van der Waals surface area contributed by atoms with Crippen LogP contribution in [-0.4, -0.2) is 4.98 Å². The van der Waals surface area contributed by atoms with Crippen LogP contribution in [-0.2, 0) is 6.54 Å². The van der Waals surface area contributed by atoms with Crippen LogP contribution < -0.4 is 5.32 Å². The van der Waals surface area contributed by atoms with Crippen LogP contribution in [0.25, 0.3) is 10.9 Å². The molecule has 21 heavy (non-hydrogen) atoms. The van der Waals surface area contributed by atoms with Gasteiger partial charge in [0, 0.05) is 22.6 Å². The van der Waals surface area contributed by atoms with E-state index >= 15 is 0 Å². The monoisotopic (exact) mass is 360 g/mol. The summed E-state index contributed by atoms with van der Waals surface area (Å²) in [5, 5.41) is 5.13. The second kappa shape index (κ2) is 6.04. The largest absolute Gasteiger partial charge is 0.379 e. The van der Waals surface area contributed by atoms with Gasteiger partial charge in [0.2, 0.25) is 0 Å². The minimum absolute atomic E-state index is 0.722. The fraction of sp³-hybridized carbons (Fsp3) is 0.118. The zero-order valence-electron chi connectivity index (χ0n) is 11.5. The van der Waals surface area contributed by atoms with Crippen molar-refractivity contribution in [3.63, 3.8) is 0 Å². The molecular weight excluding hydrogens is 348 g/mol. The Morgan fingerprint density at radius 2 is 2.05 bits per heavy atom. The summed E-state index contributed by atoms with van der Waals surface area (Å²) >= 11 is 9.82. The topological polar surface area (TPSA) is 24.9 Å². The summed E-state index contributed by atoms with van der Waals surface area (Å²) in [6, 6.07) is 14.1. The van der Waals surface area contributed by atoms with E-state index in [-0.39, 0.29) is 0 Å². The average molecular weight is 362 g/mol. The first-order chi connectivity index (χ1) is 10.1. The van der Waals surface area contributed by atoms with E-state index in [9.17, 15) is 0 Å². The highest BCUT2D eigenvalue weighted by Crippen LogP contribution is 2.28. The summed E-state index contributed by atoms with van der Waals surface area (Å²) in [7, 11) is 0. The highest BCUT2D eigenvalue weighted by molar-refractivity contribution is 9.10. The molecule has 0 unspecified atom stereocenters. The second-order valence-electron chi connectivity index (χ2n) is 4.94. The SMILES string of the molecule is Cc1ccc(CNc2ccc(Cl)c3cccnc23)c(Br)c1. The molecule has 3 rings (SSSR count). The molecule has 0 fully saturated rings. The number of hydrogen-bond acceptors (Lipinski definition) is 2. The third kappa shape index (κ3) is 3.04. The number of pyridine rings is 1. The van der Waals surface area contributed by atoms with Crippen molar-refractivity contribution in [1.82, 2.24) is 4.98 Å². The number of nitrogens with zero attached hydrogens (tertiary/aromatic N) is 1. The van der Waals surface area contributed by atoms with Crippen molar-refractivity contribution in [1.29, 1.82) is 0 Å². The standard InChI is InChI=1S/C17H14BrClN2/c1-11-4-5-12(14(18)9-11)10-21-16-7-6-15(19)13-3-2-8-20-17(13)16/h2-9,21H,10H2,1H3. The lowest BCUT2D eigenvalue weighted by molar-refractivity contribution is 1.13. The zero-order chi connectivity index (χ0) is 14.8. The van der Waals surface area contributed by atoms with Gasteiger partial charge in [0.05, 0.1) is 16.2 Å². The highest BCUT2D eigenvalue weighted by Gasteiger charge is 2.06. The molecular formula is C17H14BrClN2. The lowest BCUT2D eigenvalue weighted by atomic mass is 10.1. The molecule has 4 heteroatoms. The molecule has 1 heterocycles. The molecule has 3 aromatic rings. The number of halogens is 2. The Kier molecular flexibility index (Phi) is 4.13. The quantitative estimate of drug-likeness (QED) is 0.659. The normalized spacial score (nSPS) is 10.8. The van der Waals surface area contributed by atoms with Gasteiger partial charge >= 0.3 is 0 Å². The van der Waals surface area contributed by atoms with Gasteiger partial charge in [-0.3, -0.25) is 4.98 Å². The van der Waals surface area contributed by atoms with Gasteiger partial charge < -0.3 is 5.32 Å². The van der Waals surface area contributed by atoms with Gasteiger partial charge in [-0.25, -0.2) is 0 Å². The summed E-state index contributed by atoms with van der Waals surface area (Å²) in [6.07, 6.45) is 1.78. The van der Waals surface area contributed by atoms with Crippen LogP contribution in [0.4, 0.5) is 5.69 Å². The van der Waals surface area contributed by atoms with Gasteiger partial charge in [-0.1, -0.05) is 39.7 Å². The van der Waals surface area contributed by atoms with Crippen LogP contribution in [0.5, 0.6) is 0 Å². The Hall–Kier alpha value is -1.58. The Bertz CT molecular complexity index is 802. The number of nitrogens with one attached hydrogen (secondary N) is 1. The van der Waals surface area contributed by atoms with Gasteiger partial charge in [-0.15, -0.1) is 0 Å².